The summed E-state index contributed by atoms with van der Waals surface area (Å²) in [5.41, 5.74) is 4.57. The molecule has 0 atom stereocenters. The molecule has 2 aromatic heterocycles. The number of carbonyl (C=O) groups excluding carboxylic acids is 2. The maximum absolute atomic E-state index is 13.1. The lowest BCUT2D eigenvalue weighted by atomic mass is 10.1. The van der Waals surface area contributed by atoms with Gasteiger partial charge in [0.25, 0.3) is 5.91 Å². The number of likely N-dealkylation sites (tertiary alicyclic amines) is 1. The number of aromatic nitrogens is 3. The normalized spacial score (nSPS) is 16.3. The van der Waals surface area contributed by atoms with Crippen LogP contribution in [0.1, 0.15) is 78.7 Å². The Kier molecular flexibility index (Phi) is 5.41. The van der Waals surface area contributed by atoms with Gasteiger partial charge in [-0.2, -0.15) is 5.10 Å². The molecule has 1 N–H and O–H groups in total. The summed E-state index contributed by atoms with van der Waals surface area (Å²) in [6, 6.07) is 10.2. The van der Waals surface area contributed by atoms with Crippen LogP contribution in [0.4, 0.5) is 0 Å². The molecule has 2 aliphatic rings. The van der Waals surface area contributed by atoms with Crippen molar-refractivity contribution in [1.82, 2.24) is 25.0 Å². The predicted molar refractivity (Wildman–Crippen MR) is 122 cm³/mol. The molecule has 1 aromatic carbocycles. The summed E-state index contributed by atoms with van der Waals surface area (Å²) in [4.78, 5) is 31.7. The number of nitrogens with zero attached hydrogens (tertiary/aromatic N) is 4. The molecular formula is C25H29N5O2. The lowest BCUT2D eigenvalue weighted by molar-refractivity contribution is -0.128. The number of benzene rings is 1. The van der Waals surface area contributed by atoms with Crippen LogP contribution in [0.15, 0.2) is 36.5 Å². The Balaban J connectivity index is 1.30. The van der Waals surface area contributed by atoms with Crippen molar-refractivity contribution in [1.29, 1.82) is 0 Å². The van der Waals surface area contributed by atoms with E-state index in [4.69, 9.17) is 4.98 Å². The molecule has 7 nitrogen and oxygen atoms in total. The van der Waals surface area contributed by atoms with Crippen LogP contribution < -0.4 is 5.32 Å². The highest BCUT2D eigenvalue weighted by Crippen LogP contribution is 2.40. The molecule has 5 rings (SSSR count). The van der Waals surface area contributed by atoms with E-state index >= 15 is 0 Å². The summed E-state index contributed by atoms with van der Waals surface area (Å²) < 4.78 is 1.89. The highest BCUT2D eigenvalue weighted by atomic mass is 16.2. The summed E-state index contributed by atoms with van der Waals surface area (Å²) in [6.45, 7) is 6.09. The maximum atomic E-state index is 13.1. The van der Waals surface area contributed by atoms with E-state index in [2.05, 4.69) is 24.3 Å². The molecule has 0 radical (unpaired) electrons. The van der Waals surface area contributed by atoms with Crippen LogP contribution in [-0.4, -0.2) is 38.0 Å². The Morgan fingerprint density at radius 2 is 1.94 bits per heavy atom. The van der Waals surface area contributed by atoms with Gasteiger partial charge in [-0.15, -0.1) is 0 Å². The quantitative estimate of drug-likeness (QED) is 0.614. The molecule has 2 amide bonds. The number of amides is 2. The van der Waals surface area contributed by atoms with Crippen molar-refractivity contribution in [2.45, 2.75) is 64.6 Å². The van der Waals surface area contributed by atoms with Crippen molar-refractivity contribution in [2.75, 3.05) is 6.54 Å². The number of hydrogen-bond acceptors (Lipinski definition) is 4. The number of fused-ring (bicyclic) bond motifs is 1. The molecular weight excluding hydrogens is 402 g/mol. The Labute approximate surface area is 187 Å². The third-order valence-corrected chi connectivity index (χ3v) is 6.34. The van der Waals surface area contributed by atoms with E-state index in [9.17, 15) is 9.59 Å². The maximum Gasteiger partial charge on any atom is 0.252 e. The number of rotatable bonds is 7. The van der Waals surface area contributed by atoms with Crippen LogP contribution in [0.25, 0.3) is 11.0 Å². The average Bonchev–Trinajstić information content (AvgIpc) is 3.43. The van der Waals surface area contributed by atoms with Gasteiger partial charge in [-0.05, 0) is 50.3 Å². The highest BCUT2D eigenvalue weighted by Gasteiger charge is 2.28. The first kappa shape index (κ1) is 20.7. The summed E-state index contributed by atoms with van der Waals surface area (Å²) in [7, 11) is 0. The molecule has 32 heavy (non-hydrogen) atoms. The Morgan fingerprint density at radius 1 is 1.19 bits per heavy atom. The molecule has 0 spiro atoms. The van der Waals surface area contributed by atoms with Crippen LogP contribution in [-0.2, 0) is 17.9 Å². The van der Waals surface area contributed by atoms with Crippen molar-refractivity contribution in [2.24, 2.45) is 0 Å². The lowest BCUT2D eigenvalue weighted by Crippen LogP contribution is -2.24. The zero-order valence-electron chi connectivity index (χ0n) is 18.7. The van der Waals surface area contributed by atoms with Gasteiger partial charge >= 0.3 is 0 Å². The minimum Gasteiger partial charge on any atom is -0.348 e. The molecule has 0 unspecified atom stereocenters. The van der Waals surface area contributed by atoms with Crippen molar-refractivity contribution in [3.8, 4) is 0 Å². The van der Waals surface area contributed by atoms with Gasteiger partial charge in [0.15, 0.2) is 5.65 Å². The fourth-order valence-electron chi connectivity index (χ4n) is 4.32. The standard InChI is InChI=1S/C25H29N5O2/c1-16(2)30-24-21(14-27-30)20(12-22(28-24)19-9-10-19)25(32)26-13-17-5-7-18(8-6-17)15-29-11-3-4-23(29)31/h5-8,12,14,16,19H,3-4,9-11,13,15H2,1-2H3,(H,26,32). The predicted octanol–water partition coefficient (Wildman–Crippen LogP) is 3.94. The smallest absolute Gasteiger partial charge is 0.252 e. The van der Waals surface area contributed by atoms with Crippen molar-refractivity contribution >= 4 is 22.8 Å². The molecule has 1 aliphatic heterocycles. The van der Waals surface area contributed by atoms with Gasteiger partial charge < -0.3 is 10.2 Å². The van der Waals surface area contributed by atoms with Crippen LogP contribution in [0.5, 0.6) is 0 Å². The summed E-state index contributed by atoms with van der Waals surface area (Å²) in [5, 5.41) is 8.34. The zero-order chi connectivity index (χ0) is 22.2. The number of pyridine rings is 1. The Bertz CT molecular complexity index is 1160. The largest absolute Gasteiger partial charge is 0.348 e. The third kappa shape index (κ3) is 4.11. The number of nitrogens with one attached hydrogen (secondary N) is 1. The van der Waals surface area contributed by atoms with Crippen LogP contribution in [0.3, 0.4) is 0 Å². The van der Waals surface area contributed by atoms with E-state index in [1.807, 2.05) is 39.9 Å². The van der Waals surface area contributed by atoms with Gasteiger partial charge in [0.2, 0.25) is 5.91 Å². The second-order valence-corrected chi connectivity index (χ2v) is 9.21. The molecule has 1 saturated carbocycles. The highest BCUT2D eigenvalue weighted by molar-refractivity contribution is 6.05. The van der Waals surface area contributed by atoms with Gasteiger partial charge in [-0.1, -0.05) is 24.3 Å². The topological polar surface area (TPSA) is 80.1 Å². The minimum atomic E-state index is -0.102. The Hall–Kier alpha value is -3.22. The molecule has 2 fully saturated rings. The molecule has 3 heterocycles. The van der Waals surface area contributed by atoms with Crippen molar-refractivity contribution in [3.63, 3.8) is 0 Å². The van der Waals surface area contributed by atoms with E-state index in [0.29, 0.717) is 31.0 Å². The van der Waals surface area contributed by atoms with Crippen molar-refractivity contribution in [3.05, 3.63) is 58.9 Å². The first-order valence-electron chi connectivity index (χ1n) is 11.5. The van der Waals surface area contributed by atoms with Crippen LogP contribution in [0.2, 0.25) is 0 Å². The molecule has 1 aliphatic carbocycles. The van der Waals surface area contributed by atoms with E-state index in [0.717, 1.165) is 53.7 Å². The second kappa shape index (κ2) is 8.37. The lowest BCUT2D eigenvalue weighted by Gasteiger charge is -2.15. The SMILES string of the molecule is CC(C)n1ncc2c(C(=O)NCc3ccc(CN4CCCC4=O)cc3)cc(C3CC3)nc21. The van der Waals surface area contributed by atoms with Gasteiger partial charge in [-0.25, -0.2) is 9.67 Å². The number of hydrogen-bond donors (Lipinski definition) is 1. The van der Waals surface area contributed by atoms with E-state index in [-0.39, 0.29) is 17.9 Å². The molecule has 3 aromatic rings. The molecule has 166 valence electrons. The molecule has 7 heteroatoms. The number of carbonyl (C=O) groups is 2. The van der Waals surface area contributed by atoms with Crippen LogP contribution >= 0.6 is 0 Å². The minimum absolute atomic E-state index is 0.102. The molecule has 0 bridgehead atoms. The van der Waals surface area contributed by atoms with Crippen LogP contribution in [0, 0.1) is 0 Å². The van der Waals surface area contributed by atoms with Crippen molar-refractivity contribution < 1.29 is 9.59 Å². The third-order valence-electron chi connectivity index (χ3n) is 6.34. The van der Waals surface area contributed by atoms with E-state index in [1.54, 1.807) is 6.20 Å². The summed E-state index contributed by atoms with van der Waals surface area (Å²) in [6.07, 6.45) is 5.62. The fraction of sp³-hybridized carbons (Fsp3) is 0.440. The first-order chi connectivity index (χ1) is 15.5. The van der Waals surface area contributed by atoms with Gasteiger partial charge in [0.05, 0.1) is 17.1 Å². The summed E-state index contributed by atoms with van der Waals surface area (Å²) in [5.74, 6) is 0.585. The van der Waals surface area contributed by atoms with E-state index < -0.39 is 0 Å². The fourth-order valence-corrected chi connectivity index (χ4v) is 4.32. The Morgan fingerprint density at radius 3 is 2.59 bits per heavy atom. The van der Waals surface area contributed by atoms with Gasteiger partial charge in [0, 0.05) is 43.7 Å². The summed E-state index contributed by atoms with van der Waals surface area (Å²) >= 11 is 0. The van der Waals surface area contributed by atoms with Gasteiger partial charge in [-0.3, -0.25) is 9.59 Å². The van der Waals surface area contributed by atoms with E-state index in [1.165, 1.54) is 0 Å². The first-order valence-corrected chi connectivity index (χ1v) is 11.5. The van der Waals surface area contributed by atoms with Gasteiger partial charge in [0.1, 0.15) is 0 Å². The zero-order valence-corrected chi connectivity index (χ0v) is 18.7. The average molecular weight is 432 g/mol. The monoisotopic (exact) mass is 431 g/mol. The molecule has 1 saturated heterocycles. The second-order valence-electron chi connectivity index (χ2n) is 9.21.